The number of aromatic nitrogens is 4. The van der Waals surface area contributed by atoms with Gasteiger partial charge in [0.25, 0.3) is 0 Å². The fraction of sp³-hybridized carbons (Fsp3) is 0.240. The molecule has 4 aromatic rings. The largest absolute Gasteiger partial charge is 0.476 e. The molecule has 1 fully saturated rings. The third-order valence-corrected chi connectivity index (χ3v) is 5.65. The molecule has 1 aromatic carbocycles. The first kappa shape index (κ1) is 21.1. The van der Waals surface area contributed by atoms with Crippen LogP contribution in [-0.2, 0) is 6.42 Å². The SMILES string of the molecule is CN1CC(COc2cncc(-c3cnc4cnc(CC(=O)c5ccc(F)cc5)cc4c3)n2)C1. The Morgan fingerprint density at radius 1 is 1.09 bits per heavy atom. The van der Waals surface area contributed by atoms with Gasteiger partial charge in [-0.1, -0.05) is 0 Å². The molecule has 1 saturated heterocycles. The Labute approximate surface area is 190 Å². The maximum atomic E-state index is 13.1. The fourth-order valence-corrected chi connectivity index (χ4v) is 3.91. The fourth-order valence-electron chi connectivity index (χ4n) is 3.91. The molecule has 0 atom stereocenters. The first-order valence-corrected chi connectivity index (χ1v) is 10.7. The van der Waals surface area contributed by atoms with Gasteiger partial charge >= 0.3 is 0 Å². The summed E-state index contributed by atoms with van der Waals surface area (Å²) in [5.41, 5.74) is 3.24. The van der Waals surface area contributed by atoms with E-state index in [1.54, 1.807) is 24.8 Å². The number of halogens is 1. The minimum absolute atomic E-state index is 0.116. The van der Waals surface area contributed by atoms with Crippen LogP contribution in [0.15, 0.2) is 61.2 Å². The van der Waals surface area contributed by atoms with Gasteiger partial charge in [0.05, 0.1) is 42.8 Å². The number of likely N-dealkylation sites (tertiary alicyclic amines) is 1. The summed E-state index contributed by atoms with van der Waals surface area (Å²) in [4.78, 5) is 32.4. The average molecular weight is 443 g/mol. The Kier molecular flexibility index (Phi) is 5.75. The lowest BCUT2D eigenvalue weighted by molar-refractivity contribution is 0.0837. The lowest BCUT2D eigenvalue weighted by atomic mass is 10.0. The highest BCUT2D eigenvalue weighted by atomic mass is 19.1. The van der Waals surface area contributed by atoms with Crippen LogP contribution in [0.2, 0.25) is 0 Å². The number of rotatable bonds is 7. The summed E-state index contributed by atoms with van der Waals surface area (Å²) in [6.07, 6.45) is 6.77. The van der Waals surface area contributed by atoms with Gasteiger partial charge in [-0.25, -0.2) is 9.37 Å². The molecule has 0 saturated carbocycles. The number of hydrogen-bond acceptors (Lipinski definition) is 7. The summed E-state index contributed by atoms with van der Waals surface area (Å²) in [7, 11) is 2.09. The number of carbonyl (C=O) groups is 1. The van der Waals surface area contributed by atoms with Crippen molar-refractivity contribution < 1.29 is 13.9 Å². The molecule has 8 heteroatoms. The topological polar surface area (TPSA) is 81.1 Å². The van der Waals surface area contributed by atoms with Gasteiger partial charge in [0.1, 0.15) is 5.82 Å². The summed E-state index contributed by atoms with van der Waals surface area (Å²) in [6.45, 7) is 2.68. The summed E-state index contributed by atoms with van der Waals surface area (Å²) in [6, 6.07) is 9.31. The Morgan fingerprint density at radius 3 is 2.70 bits per heavy atom. The van der Waals surface area contributed by atoms with Crippen molar-refractivity contribution in [3.63, 3.8) is 0 Å². The maximum absolute atomic E-state index is 13.1. The van der Waals surface area contributed by atoms with Gasteiger partial charge in [-0.2, -0.15) is 0 Å². The third kappa shape index (κ3) is 4.85. The van der Waals surface area contributed by atoms with E-state index in [4.69, 9.17) is 4.74 Å². The second-order valence-corrected chi connectivity index (χ2v) is 8.34. The molecule has 0 spiro atoms. The van der Waals surface area contributed by atoms with Crippen LogP contribution >= 0.6 is 0 Å². The van der Waals surface area contributed by atoms with E-state index in [1.165, 1.54) is 24.3 Å². The van der Waals surface area contributed by atoms with Gasteiger partial charge < -0.3 is 9.64 Å². The number of ether oxygens (including phenoxy) is 1. The smallest absolute Gasteiger partial charge is 0.232 e. The molecule has 0 amide bonds. The number of hydrogen-bond donors (Lipinski definition) is 0. The van der Waals surface area contributed by atoms with Crippen LogP contribution in [-0.4, -0.2) is 57.4 Å². The monoisotopic (exact) mass is 443 g/mol. The molecule has 1 aliphatic heterocycles. The minimum Gasteiger partial charge on any atom is -0.476 e. The summed E-state index contributed by atoms with van der Waals surface area (Å²) in [5, 5.41) is 0.843. The minimum atomic E-state index is -0.373. The number of nitrogens with zero attached hydrogens (tertiary/aromatic N) is 5. The molecular weight excluding hydrogens is 421 g/mol. The highest BCUT2D eigenvalue weighted by molar-refractivity contribution is 5.97. The van der Waals surface area contributed by atoms with E-state index in [1.807, 2.05) is 12.1 Å². The first-order chi connectivity index (χ1) is 16.0. The van der Waals surface area contributed by atoms with E-state index >= 15 is 0 Å². The number of carbonyl (C=O) groups excluding carboxylic acids is 1. The highest BCUT2D eigenvalue weighted by Gasteiger charge is 2.23. The summed E-state index contributed by atoms with van der Waals surface area (Å²) < 4.78 is 18.9. The first-order valence-electron chi connectivity index (χ1n) is 10.7. The van der Waals surface area contributed by atoms with Crippen molar-refractivity contribution >= 4 is 16.7 Å². The molecular formula is C25H22FN5O2. The Morgan fingerprint density at radius 2 is 1.91 bits per heavy atom. The van der Waals surface area contributed by atoms with Crippen molar-refractivity contribution in [2.45, 2.75) is 6.42 Å². The predicted molar refractivity (Wildman–Crippen MR) is 121 cm³/mol. The number of fused-ring (bicyclic) bond motifs is 1. The molecule has 0 aliphatic carbocycles. The van der Waals surface area contributed by atoms with Crippen molar-refractivity contribution in [1.82, 2.24) is 24.8 Å². The van der Waals surface area contributed by atoms with Crippen molar-refractivity contribution in [3.05, 3.63) is 78.3 Å². The number of benzene rings is 1. The van der Waals surface area contributed by atoms with Crippen molar-refractivity contribution in [3.8, 4) is 17.1 Å². The predicted octanol–water partition coefficient (Wildman–Crippen LogP) is 3.59. The lowest BCUT2D eigenvalue weighted by Crippen LogP contribution is -2.46. The number of Topliss-reactive ketones (excluding diaryl/α,β-unsaturated/α-hetero) is 1. The lowest BCUT2D eigenvalue weighted by Gasteiger charge is -2.35. The van der Waals surface area contributed by atoms with Gasteiger partial charge in [-0.3, -0.25) is 19.7 Å². The van der Waals surface area contributed by atoms with E-state index in [2.05, 4.69) is 31.9 Å². The van der Waals surface area contributed by atoms with Gasteiger partial charge in [0.2, 0.25) is 5.88 Å². The molecule has 3 aromatic heterocycles. The van der Waals surface area contributed by atoms with Crippen LogP contribution in [0.25, 0.3) is 22.2 Å². The molecule has 7 nitrogen and oxygen atoms in total. The zero-order valence-electron chi connectivity index (χ0n) is 18.1. The van der Waals surface area contributed by atoms with Gasteiger partial charge in [-0.05, 0) is 43.4 Å². The summed E-state index contributed by atoms with van der Waals surface area (Å²) in [5.74, 6) is 0.510. The molecule has 0 N–H and O–H groups in total. The second kappa shape index (κ2) is 8.99. The normalized spacial score (nSPS) is 14.2. The maximum Gasteiger partial charge on any atom is 0.232 e. The van der Waals surface area contributed by atoms with Gasteiger partial charge in [-0.15, -0.1) is 0 Å². The third-order valence-electron chi connectivity index (χ3n) is 5.65. The second-order valence-electron chi connectivity index (χ2n) is 8.34. The van der Waals surface area contributed by atoms with Gasteiger partial charge in [0, 0.05) is 47.4 Å². The Hall–Kier alpha value is -3.78. The Balaban J connectivity index is 1.34. The van der Waals surface area contributed by atoms with Crippen LogP contribution in [0.3, 0.4) is 0 Å². The molecule has 166 valence electrons. The average Bonchev–Trinajstić information content (AvgIpc) is 2.81. The standard InChI is InChI=1S/C25H22FN5O2/c1-31-13-16(14-31)15-33-25-12-27-10-23(30-25)19-6-18-7-21(28-11-22(18)29-9-19)8-24(32)17-2-4-20(26)5-3-17/h2-7,9-12,16H,8,13-15H2,1H3. The molecule has 0 unspecified atom stereocenters. The van der Waals surface area contributed by atoms with Crippen LogP contribution in [0.1, 0.15) is 16.1 Å². The van der Waals surface area contributed by atoms with E-state index < -0.39 is 0 Å². The van der Waals surface area contributed by atoms with E-state index in [0.29, 0.717) is 40.9 Å². The molecule has 5 rings (SSSR count). The molecule has 33 heavy (non-hydrogen) atoms. The van der Waals surface area contributed by atoms with E-state index in [0.717, 1.165) is 24.0 Å². The quantitative estimate of drug-likeness (QED) is 0.404. The molecule has 0 bridgehead atoms. The van der Waals surface area contributed by atoms with E-state index in [9.17, 15) is 9.18 Å². The number of ketones is 1. The molecule has 1 aliphatic rings. The van der Waals surface area contributed by atoms with Crippen LogP contribution in [0, 0.1) is 11.7 Å². The van der Waals surface area contributed by atoms with Crippen LogP contribution < -0.4 is 4.74 Å². The van der Waals surface area contributed by atoms with Crippen LogP contribution in [0.5, 0.6) is 5.88 Å². The highest BCUT2D eigenvalue weighted by Crippen LogP contribution is 2.23. The van der Waals surface area contributed by atoms with Crippen molar-refractivity contribution in [2.24, 2.45) is 5.92 Å². The zero-order chi connectivity index (χ0) is 22.8. The van der Waals surface area contributed by atoms with Gasteiger partial charge in [0.15, 0.2) is 5.78 Å². The zero-order valence-corrected chi connectivity index (χ0v) is 18.1. The van der Waals surface area contributed by atoms with Crippen molar-refractivity contribution in [2.75, 3.05) is 26.7 Å². The molecule has 4 heterocycles. The molecule has 0 radical (unpaired) electrons. The van der Waals surface area contributed by atoms with E-state index in [-0.39, 0.29) is 18.0 Å². The van der Waals surface area contributed by atoms with Crippen LogP contribution in [0.4, 0.5) is 4.39 Å². The summed E-state index contributed by atoms with van der Waals surface area (Å²) >= 11 is 0. The Bertz CT molecular complexity index is 1310. The van der Waals surface area contributed by atoms with Crippen molar-refractivity contribution in [1.29, 1.82) is 0 Å². The number of pyridine rings is 2.